The first kappa shape index (κ1) is 8.26. The smallest absolute Gasteiger partial charge is 0.407 e. The zero-order chi connectivity index (χ0) is 8.43. The van der Waals surface area contributed by atoms with Crippen molar-refractivity contribution in [1.82, 2.24) is 4.90 Å². The number of carboxylic acid groups (broad SMARTS) is 1. The summed E-state index contributed by atoms with van der Waals surface area (Å²) in [5, 5.41) is 8.46. The fourth-order valence-electron chi connectivity index (χ4n) is 1.10. The third-order valence-corrected chi connectivity index (χ3v) is 1.86. The topological polar surface area (TPSA) is 66.6 Å². The van der Waals surface area contributed by atoms with Gasteiger partial charge in [0.05, 0.1) is 6.54 Å². The van der Waals surface area contributed by atoms with Gasteiger partial charge in [0.15, 0.2) is 0 Å². The highest BCUT2D eigenvalue weighted by atomic mass is 19.1. The molecule has 1 fully saturated rings. The van der Waals surface area contributed by atoms with Gasteiger partial charge >= 0.3 is 6.09 Å². The molecule has 1 amide bonds. The van der Waals surface area contributed by atoms with Crippen molar-refractivity contribution in [3.05, 3.63) is 0 Å². The number of rotatable bonds is 0. The number of piperidine rings is 1. The van der Waals surface area contributed by atoms with E-state index in [-0.39, 0.29) is 6.54 Å². The van der Waals surface area contributed by atoms with Crippen molar-refractivity contribution in [3.8, 4) is 0 Å². The number of hydrogen-bond donors (Lipinski definition) is 2. The van der Waals surface area contributed by atoms with Crippen LogP contribution in [0.3, 0.4) is 0 Å². The van der Waals surface area contributed by atoms with Gasteiger partial charge in [-0.1, -0.05) is 0 Å². The quantitative estimate of drug-likeness (QED) is 0.528. The van der Waals surface area contributed by atoms with E-state index in [2.05, 4.69) is 0 Å². The standard InChI is InChI=1S/C6H11FN2O2/c7-4-3-9(6(10)11)2-1-5(4)8/h4-5H,1-3,8H2,(H,10,11)/t4-,5-/m1/s1. The summed E-state index contributed by atoms with van der Waals surface area (Å²) in [6.45, 7) is 0.257. The zero-order valence-corrected chi connectivity index (χ0v) is 6.03. The lowest BCUT2D eigenvalue weighted by Gasteiger charge is -2.30. The number of halogens is 1. The van der Waals surface area contributed by atoms with Crippen LogP contribution in [0, 0.1) is 0 Å². The van der Waals surface area contributed by atoms with Crippen LogP contribution < -0.4 is 5.73 Å². The Labute approximate surface area is 63.8 Å². The molecule has 1 saturated heterocycles. The van der Waals surface area contributed by atoms with Gasteiger partial charge in [0.25, 0.3) is 0 Å². The van der Waals surface area contributed by atoms with E-state index in [0.717, 1.165) is 4.90 Å². The molecule has 0 aromatic heterocycles. The van der Waals surface area contributed by atoms with Gasteiger partial charge in [-0.2, -0.15) is 0 Å². The Balaban J connectivity index is 2.46. The average Bonchev–Trinajstić information content (AvgIpc) is 1.94. The number of hydrogen-bond acceptors (Lipinski definition) is 2. The second kappa shape index (κ2) is 3.04. The normalized spacial score (nSPS) is 32.0. The number of nitrogens with two attached hydrogens (primary N) is 1. The van der Waals surface area contributed by atoms with Gasteiger partial charge in [0, 0.05) is 12.6 Å². The van der Waals surface area contributed by atoms with Crippen LogP contribution in [0.4, 0.5) is 9.18 Å². The van der Waals surface area contributed by atoms with Crippen LogP contribution >= 0.6 is 0 Å². The Bertz CT molecular complexity index is 165. The number of nitrogens with zero attached hydrogens (tertiary/aromatic N) is 1. The van der Waals surface area contributed by atoms with Gasteiger partial charge in [-0.05, 0) is 6.42 Å². The molecule has 4 nitrogen and oxygen atoms in total. The lowest BCUT2D eigenvalue weighted by atomic mass is 10.1. The molecule has 1 aliphatic rings. The Morgan fingerprint density at radius 2 is 2.36 bits per heavy atom. The van der Waals surface area contributed by atoms with Crippen molar-refractivity contribution in [2.45, 2.75) is 18.6 Å². The summed E-state index contributed by atoms with van der Waals surface area (Å²) in [5.41, 5.74) is 5.35. The molecular formula is C6H11FN2O2. The first-order valence-electron chi connectivity index (χ1n) is 3.49. The summed E-state index contributed by atoms with van der Waals surface area (Å²) in [6.07, 6.45) is -1.87. The second-order valence-electron chi connectivity index (χ2n) is 2.70. The fraction of sp³-hybridized carbons (Fsp3) is 0.833. The van der Waals surface area contributed by atoms with E-state index >= 15 is 0 Å². The summed E-state index contributed by atoms with van der Waals surface area (Å²) in [6, 6.07) is -0.495. The highest BCUT2D eigenvalue weighted by Gasteiger charge is 2.28. The third-order valence-electron chi connectivity index (χ3n) is 1.86. The van der Waals surface area contributed by atoms with Crippen LogP contribution in [0.1, 0.15) is 6.42 Å². The maximum absolute atomic E-state index is 12.8. The molecule has 0 spiro atoms. The number of carbonyl (C=O) groups is 1. The van der Waals surface area contributed by atoms with E-state index in [0.29, 0.717) is 13.0 Å². The van der Waals surface area contributed by atoms with E-state index in [1.54, 1.807) is 0 Å². The van der Waals surface area contributed by atoms with E-state index in [1.807, 2.05) is 0 Å². The maximum atomic E-state index is 12.8. The van der Waals surface area contributed by atoms with Crippen molar-refractivity contribution in [2.24, 2.45) is 5.73 Å². The minimum absolute atomic E-state index is 0.0868. The third kappa shape index (κ3) is 1.80. The summed E-state index contributed by atoms with van der Waals surface area (Å²) < 4.78 is 12.8. The van der Waals surface area contributed by atoms with Crippen molar-refractivity contribution < 1.29 is 14.3 Å². The van der Waals surface area contributed by atoms with E-state index in [9.17, 15) is 9.18 Å². The molecule has 1 heterocycles. The molecule has 0 aliphatic carbocycles. The second-order valence-corrected chi connectivity index (χ2v) is 2.70. The van der Waals surface area contributed by atoms with Crippen molar-refractivity contribution in [1.29, 1.82) is 0 Å². The minimum atomic E-state index is -1.21. The van der Waals surface area contributed by atoms with Crippen LogP contribution in [0.15, 0.2) is 0 Å². The summed E-state index contributed by atoms with van der Waals surface area (Å²) in [5.74, 6) is 0. The highest BCUT2D eigenvalue weighted by molar-refractivity contribution is 5.65. The molecule has 1 aliphatic heterocycles. The van der Waals surface area contributed by atoms with Gasteiger partial charge in [-0.3, -0.25) is 0 Å². The Hall–Kier alpha value is -0.840. The van der Waals surface area contributed by atoms with Crippen LogP contribution in [0.25, 0.3) is 0 Å². The number of alkyl halides is 1. The largest absolute Gasteiger partial charge is 0.465 e. The molecule has 0 aromatic rings. The Kier molecular flexibility index (Phi) is 2.28. The van der Waals surface area contributed by atoms with Gasteiger partial charge in [-0.25, -0.2) is 9.18 Å². The van der Waals surface area contributed by atoms with Crippen LogP contribution in [-0.2, 0) is 0 Å². The number of likely N-dealkylation sites (tertiary alicyclic amines) is 1. The summed E-state index contributed by atoms with van der Waals surface area (Å²) >= 11 is 0. The highest BCUT2D eigenvalue weighted by Crippen LogP contribution is 2.11. The molecule has 3 N–H and O–H groups in total. The summed E-state index contributed by atoms with van der Waals surface area (Å²) in [4.78, 5) is 11.4. The molecule has 0 aromatic carbocycles. The first-order valence-corrected chi connectivity index (χ1v) is 3.49. The lowest BCUT2D eigenvalue weighted by molar-refractivity contribution is 0.0976. The molecule has 64 valence electrons. The zero-order valence-electron chi connectivity index (χ0n) is 6.03. The molecular weight excluding hydrogens is 151 g/mol. The summed E-state index contributed by atoms with van der Waals surface area (Å²) in [7, 11) is 0. The van der Waals surface area contributed by atoms with E-state index < -0.39 is 18.3 Å². The SMILES string of the molecule is N[C@@H]1CCN(C(=O)O)C[C@H]1F. The maximum Gasteiger partial charge on any atom is 0.407 e. The van der Waals surface area contributed by atoms with Gasteiger partial charge < -0.3 is 15.7 Å². The van der Waals surface area contributed by atoms with Gasteiger partial charge in [0.2, 0.25) is 0 Å². The monoisotopic (exact) mass is 162 g/mol. The molecule has 0 saturated carbocycles. The molecule has 0 unspecified atom stereocenters. The lowest BCUT2D eigenvalue weighted by Crippen LogP contribution is -2.50. The van der Waals surface area contributed by atoms with E-state index in [4.69, 9.17) is 10.8 Å². The molecule has 2 atom stereocenters. The van der Waals surface area contributed by atoms with Crippen LogP contribution in [0.2, 0.25) is 0 Å². The van der Waals surface area contributed by atoms with Gasteiger partial charge in [0.1, 0.15) is 6.17 Å². The minimum Gasteiger partial charge on any atom is -0.465 e. The fourth-order valence-corrected chi connectivity index (χ4v) is 1.10. The first-order chi connectivity index (χ1) is 5.11. The Morgan fingerprint density at radius 3 is 2.82 bits per heavy atom. The average molecular weight is 162 g/mol. The predicted molar refractivity (Wildman–Crippen MR) is 37.1 cm³/mol. The van der Waals surface area contributed by atoms with Crippen molar-refractivity contribution >= 4 is 6.09 Å². The molecule has 11 heavy (non-hydrogen) atoms. The van der Waals surface area contributed by atoms with E-state index in [1.165, 1.54) is 0 Å². The van der Waals surface area contributed by atoms with Gasteiger partial charge in [-0.15, -0.1) is 0 Å². The van der Waals surface area contributed by atoms with Crippen LogP contribution in [-0.4, -0.2) is 41.4 Å². The number of amides is 1. The molecule has 1 rings (SSSR count). The molecule has 0 bridgehead atoms. The van der Waals surface area contributed by atoms with Crippen molar-refractivity contribution in [2.75, 3.05) is 13.1 Å². The van der Waals surface area contributed by atoms with Crippen LogP contribution in [0.5, 0.6) is 0 Å². The predicted octanol–water partition coefficient (Wildman–Crippen LogP) is 0.0355. The Morgan fingerprint density at radius 1 is 1.73 bits per heavy atom. The van der Waals surface area contributed by atoms with Crippen molar-refractivity contribution in [3.63, 3.8) is 0 Å². The molecule has 5 heteroatoms. The molecule has 0 radical (unpaired) electrons.